The Balaban J connectivity index is 1.92. The Kier molecular flexibility index (Phi) is 4.66. The highest BCUT2D eigenvalue weighted by molar-refractivity contribution is 5.98. The summed E-state index contributed by atoms with van der Waals surface area (Å²) in [5.41, 5.74) is -3.62. The van der Waals surface area contributed by atoms with Crippen LogP contribution in [0, 0.1) is 19.7 Å². The number of hydrogen-bond acceptors (Lipinski definition) is 3. The SMILES string of the molecule is Cc1cc(C)cc(NC(=O)C(O)(CC2(C)Oc3ccc(F)cc32)C(F)(F)F)c1. The van der Waals surface area contributed by atoms with Gasteiger partial charge in [0.1, 0.15) is 17.2 Å². The van der Waals surface area contributed by atoms with Gasteiger partial charge in [-0.1, -0.05) is 6.07 Å². The van der Waals surface area contributed by atoms with Crippen LogP contribution in [0.1, 0.15) is 30.0 Å². The number of nitrogens with one attached hydrogen (secondary N) is 1. The van der Waals surface area contributed by atoms with Gasteiger partial charge < -0.3 is 15.2 Å². The molecule has 28 heavy (non-hydrogen) atoms. The molecular formula is C20H19F4NO3. The molecule has 8 heteroatoms. The van der Waals surface area contributed by atoms with Crippen molar-refractivity contribution < 1.29 is 32.2 Å². The minimum absolute atomic E-state index is 0.135. The van der Waals surface area contributed by atoms with E-state index in [4.69, 9.17) is 4.74 Å². The van der Waals surface area contributed by atoms with Crippen LogP contribution in [0.5, 0.6) is 5.75 Å². The lowest BCUT2D eigenvalue weighted by Crippen LogP contribution is -2.60. The van der Waals surface area contributed by atoms with E-state index in [0.717, 1.165) is 23.3 Å². The Morgan fingerprint density at radius 2 is 1.75 bits per heavy atom. The van der Waals surface area contributed by atoms with E-state index >= 15 is 0 Å². The summed E-state index contributed by atoms with van der Waals surface area (Å²) in [6.45, 7) is 4.73. The number of hydrogen-bond donors (Lipinski definition) is 2. The number of aryl methyl sites for hydroxylation is 2. The molecule has 2 aromatic carbocycles. The number of amides is 1. The number of halogens is 4. The van der Waals surface area contributed by atoms with Crippen molar-refractivity contribution in [3.63, 3.8) is 0 Å². The summed E-state index contributed by atoms with van der Waals surface area (Å²) in [5, 5.41) is 12.5. The van der Waals surface area contributed by atoms with E-state index in [-0.39, 0.29) is 17.0 Å². The Labute approximate surface area is 159 Å². The number of anilines is 1. The van der Waals surface area contributed by atoms with Gasteiger partial charge in [0, 0.05) is 17.7 Å². The van der Waals surface area contributed by atoms with Crippen LogP contribution in [0.15, 0.2) is 36.4 Å². The first-order chi connectivity index (χ1) is 12.8. The van der Waals surface area contributed by atoms with Gasteiger partial charge in [0.25, 0.3) is 5.91 Å². The average molecular weight is 397 g/mol. The van der Waals surface area contributed by atoms with E-state index in [2.05, 4.69) is 5.32 Å². The van der Waals surface area contributed by atoms with Crippen LogP contribution in [0.4, 0.5) is 23.2 Å². The zero-order valence-corrected chi connectivity index (χ0v) is 15.4. The lowest BCUT2D eigenvalue weighted by Gasteiger charge is -2.45. The third-order valence-corrected chi connectivity index (χ3v) is 4.76. The average Bonchev–Trinajstić information content (AvgIpc) is 2.54. The number of benzene rings is 2. The van der Waals surface area contributed by atoms with Gasteiger partial charge >= 0.3 is 6.18 Å². The molecule has 150 valence electrons. The van der Waals surface area contributed by atoms with Crippen molar-refractivity contribution in [3.8, 4) is 5.75 Å². The quantitative estimate of drug-likeness (QED) is 0.754. The van der Waals surface area contributed by atoms with Gasteiger partial charge in [-0.05, 0) is 62.2 Å². The van der Waals surface area contributed by atoms with Crippen molar-refractivity contribution in [2.24, 2.45) is 0 Å². The fraction of sp³-hybridized carbons (Fsp3) is 0.350. The maximum absolute atomic E-state index is 13.7. The number of carbonyl (C=O) groups is 1. The maximum Gasteiger partial charge on any atom is 0.426 e. The van der Waals surface area contributed by atoms with E-state index in [9.17, 15) is 27.5 Å². The second kappa shape index (κ2) is 6.48. The van der Waals surface area contributed by atoms with Crippen LogP contribution >= 0.6 is 0 Å². The van der Waals surface area contributed by atoms with E-state index in [1.165, 1.54) is 25.1 Å². The van der Waals surface area contributed by atoms with Crippen molar-refractivity contribution >= 4 is 11.6 Å². The fourth-order valence-electron chi connectivity index (χ4n) is 3.47. The molecule has 2 atom stereocenters. The molecule has 0 radical (unpaired) electrons. The molecule has 0 fully saturated rings. The van der Waals surface area contributed by atoms with Crippen LogP contribution in [0.3, 0.4) is 0 Å². The van der Waals surface area contributed by atoms with Crippen LogP contribution in [-0.4, -0.2) is 22.8 Å². The third kappa shape index (κ3) is 3.44. The smallest absolute Gasteiger partial charge is 0.426 e. The van der Waals surface area contributed by atoms with Crippen molar-refractivity contribution in [2.45, 2.75) is 44.6 Å². The molecule has 1 amide bonds. The zero-order chi connectivity index (χ0) is 20.9. The standard InChI is InChI=1S/C20H19F4NO3/c1-11-6-12(2)8-14(7-11)25-17(26)19(27,20(22,23)24)10-18(3)15-9-13(21)4-5-16(15)28-18/h4-9,27H,10H2,1-3H3,(H,25,26). The highest BCUT2D eigenvalue weighted by atomic mass is 19.4. The molecule has 0 saturated heterocycles. The van der Waals surface area contributed by atoms with Gasteiger partial charge in [0.15, 0.2) is 0 Å². The summed E-state index contributed by atoms with van der Waals surface area (Å²) < 4.78 is 60.0. The zero-order valence-electron chi connectivity index (χ0n) is 15.4. The molecule has 0 spiro atoms. The number of ether oxygens (including phenoxy) is 1. The second-order valence-electron chi connectivity index (χ2n) is 7.34. The maximum atomic E-state index is 13.7. The van der Waals surface area contributed by atoms with Crippen LogP contribution in [0.2, 0.25) is 0 Å². The van der Waals surface area contributed by atoms with Crippen LogP contribution in [-0.2, 0) is 10.4 Å². The first-order valence-electron chi connectivity index (χ1n) is 8.52. The fourth-order valence-corrected chi connectivity index (χ4v) is 3.47. The van der Waals surface area contributed by atoms with Gasteiger partial charge in [-0.2, -0.15) is 13.2 Å². The molecule has 2 unspecified atom stereocenters. The number of alkyl halides is 3. The summed E-state index contributed by atoms with van der Waals surface area (Å²) in [5.74, 6) is -2.06. The Bertz CT molecular complexity index is 923. The molecule has 0 bridgehead atoms. The minimum atomic E-state index is -5.27. The normalized spacial score (nSPS) is 20.4. The monoisotopic (exact) mass is 397 g/mol. The van der Waals surface area contributed by atoms with E-state index in [1.807, 2.05) is 0 Å². The number of carbonyl (C=O) groups excluding carboxylic acids is 1. The summed E-state index contributed by atoms with van der Waals surface area (Å²) in [7, 11) is 0. The Morgan fingerprint density at radius 3 is 2.32 bits per heavy atom. The van der Waals surface area contributed by atoms with Crippen molar-refractivity contribution in [2.75, 3.05) is 5.32 Å². The van der Waals surface area contributed by atoms with Crippen LogP contribution in [0.25, 0.3) is 0 Å². The van der Waals surface area contributed by atoms with E-state index < -0.39 is 35.5 Å². The van der Waals surface area contributed by atoms with Gasteiger partial charge in [-0.3, -0.25) is 4.79 Å². The second-order valence-corrected chi connectivity index (χ2v) is 7.34. The molecule has 1 aliphatic heterocycles. The molecule has 1 heterocycles. The van der Waals surface area contributed by atoms with Crippen molar-refractivity contribution in [3.05, 3.63) is 58.9 Å². The van der Waals surface area contributed by atoms with Gasteiger partial charge in [0.2, 0.25) is 5.60 Å². The number of aliphatic hydroxyl groups is 1. The number of rotatable bonds is 4. The lowest BCUT2D eigenvalue weighted by atomic mass is 9.78. The van der Waals surface area contributed by atoms with Crippen molar-refractivity contribution in [1.29, 1.82) is 0 Å². The summed E-state index contributed by atoms with van der Waals surface area (Å²) >= 11 is 0. The third-order valence-electron chi connectivity index (χ3n) is 4.76. The molecule has 3 rings (SSSR count). The summed E-state index contributed by atoms with van der Waals surface area (Å²) in [6, 6.07) is 8.22. The van der Waals surface area contributed by atoms with Gasteiger partial charge in [-0.15, -0.1) is 0 Å². The molecule has 2 N–H and O–H groups in total. The highest BCUT2D eigenvalue weighted by Gasteiger charge is 2.64. The molecule has 1 aliphatic rings. The first kappa shape index (κ1) is 20.1. The van der Waals surface area contributed by atoms with Crippen molar-refractivity contribution in [1.82, 2.24) is 0 Å². The molecule has 0 saturated carbocycles. The van der Waals surface area contributed by atoms with Gasteiger partial charge in [-0.25, -0.2) is 4.39 Å². The van der Waals surface area contributed by atoms with Crippen LogP contribution < -0.4 is 10.1 Å². The molecular weight excluding hydrogens is 378 g/mol. The highest BCUT2D eigenvalue weighted by Crippen LogP contribution is 2.51. The molecule has 4 nitrogen and oxygen atoms in total. The lowest BCUT2D eigenvalue weighted by molar-refractivity contribution is -0.263. The minimum Gasteiger partial charge on any atom is -0.482 e. The Morgan fingerprint density at radius 1 is 1.14 bits per heavy atom. The largest absolute Gasteiger partial charge is 0.482 e. The molecule has 0 aromatic heterocycles. The number of fused-ring (bicyclic) bond motifs is 1. The van der Waals surface area contributed by atoms with E-state index in [1.54, 1.807) is 19.9 Å². The molecule has 0 aliphatic carbocycles. The van der Waals surface area contributed by atoms with Gasteiger partial charge in [0.05, 0.1) is 0 Å². The van der Waals surface area contributed by atoms with E-state index in [0.29, 0.717) is 0 Å². The molecule has 2 aromatic rings. The predicted octanol–water partition coefficient (Wildman–Crippen LogP) is 4.37. The first-order valence-corrected chi connectivity index (χ1v) is 8.52. The Hall–Kier alpha value is -2.61. The summed E-state index contributed by atoms with van der Waals surface area (Å²) in [6.07, 6.45) is -6.39. The predicted molar refractivity (Wildman–Crippen MR) is 94.5 cm³/mol. The summed E-state index contributed by atoms with van der Waals surface area (Å²) in [4.78, 5) is 12.5. The topological polar surface area (TPSA) is 58.6 Å².